The number of benzene rings is 1. The second kappa shape index (κ2) is 4.48. The van der Waals surface area contributed by atoms with Crippen molar-refractivity contribution in [2.24, 2.45) is 0 Å². The van der Waals surface area contributed by atoms with Crippen molar-refractivity contribution in [2.45, 2.75) is 0 Å². The summed E-state index contributed by atoms with van der Waals surface area (Å²) < 4.78 is 1.34. The zero-order valence-corrected chi connectivity index (χ0v) is 10.2. The van der Waals surface area contributed by atoms with Crippen LogP contribution in [0.1, 0.15) is 16.1 Å². The Morgan fingerprint density at radius 1 is 1.30 bits per heavy atom. The smallest absolute Gasteiger partial charge is 0.356 e. The molecule has 0 saturated heterocycles. The fraction of sp³-hybridized carbons (Fsp3) is 0. The minimum absolute atomic E-state index is 0.0709. The molecular formula is C14H8N4O2. The number of nitrogens with zero attached hydrogens (tertiary/aromatic N) is 4. The first-order chi connectivity index (χ1) is 9.69. The van der Waals surface area contributed by atoms with E-state index in [9.17, 15) is 10.1 Å². The topological polar surface area (TPSA) is 91.8 Å². The summed E-state index contributed by atoms with van der Waals surface area (Å²) >= 11 is 0. The third-order valence-electron chi connectivity index (χ3n) is 2.87. The molecule has 96 valence electrons. The second-order valence-electron chi connectivity index (χ2n) is 4.11. The van der Waals surface area contributed by atoms with E-state index in [1.807, 2.05) is 18.2 Å². The summed E-state index contributed by atoms with van der Waals surface area (Å²) in [4.78, 5) is 15.2. The molecule has 0 fully saturated rings. The summed E-state index contributed by atoms with van der Waals surface area (Å²) in [6, 6.07) is 12.3. The van der Waals surface area contributed by atoms with E-state index in [4.69, 9.17) is 5.11 Å². The van der Waals surface area contributed by atoms with Gasteiger partial charge in [0, 0.05) is 17.6 Å². The summed E-state index contributed by atoms with van der Waals surface area (Å²) in [5, 5.41) is 22.7. The summed E-state index contributed by atoms with van der Waals surface area (Å²) in [6.07, 6.45) is 1.50. The van der Waals surface area contributed by atoms with Crippen molar-refractivity contribution in [1.82, 2.24) is 14.8 Å². The lowest BCUT2D eigenvalue weighted by atomic mass is 10.1. The Bertz CT molecular complexity index is 861. The van der Waals surface area contributed by atoms with Crippen molar-refractivity contribution >= 4 is 16.9 Å². The zero-order valence-electron chi connectivity index (χ0n) is 10.2. The van der Waals surface area contributed by atoms with Crippen molar-refractivity contribution < 1.29 is 9.90 Å². The number of carboxylic acids is 1. The summed E-state index contributed by atoms with van der Waals surface area (Å²) in [7, 11) is 0. The summed E-state index contributed by atoms with van der Waals surface area (Å²) in [6.45, 7) is 0. The van der Waals surface area contributed by atoms with Gasteiger partial charge in [0.1, 0.15) is 0 Å². The molecule has 6 heteroatoms. The van der Waals surface area contributed by atoms with E-state index in [0.29, 0.717) is 16.9 Å². The highest BCUT2D eigenvalue weighted by atomic mass is 16.4. The van der Waals surface area contributed by atoms with Gasteiger partial charge in [0.25, 0.3) is 0 Å². The minimum atomic E-state index is -1.11. The third-order valence-corrected chi connectivity index (χ3v) is 2.87. The van der Waals surface area contributed by atoms with E-state index >= 15 is 0 Å². The number of fused-ring (bicyclic) bond motifs is 1. The zero-order chi connectivity index (χ0) is 14.1. The average Bonchev–Trinajstić information content (AvgIpc) is 2.96. The first-order valence-corrected chi connectivity index (χ1v) is 5.78. The molecule has 0 saturated carbocycles. The first kappa shape index (κ1) is 11.9. The highest BCUT2D eigenvalue weighted by Gasteiger charge is 2.11. The van der Waals surface area contributed by atoms with Crippen LogP contribution in [0, 0.1) is 11.3 Å². The molecule has 0 unspecified atom stereocenters. The number of nitriles is 1. The quantitative estimate of drug-likeness (QED) is 0.764. The van der Waals surface area contributed by atoms with Crippen LogP contribution in [0.15, 0.2) is 42.6 Å². The van der Waals surface area contributed by atoms with E-state index in [1.165, 1.54) is 16.9 Å². The lowest BCUT2D eigenvalue weighted by Crippen LogP contribution is -2.03. The first-order valence-electron chi connectivity index (χ1n) is 5.78. The van der Waals surface area contributed by atoms with Crippen molar-refractivity contribution in [3.05, 3.63) is 53.9 Å². The van der Waals surface area contributed by atoms with Crippen LogP contribution >= 0.6 is 0 Å². The van der Waals surface area contributed by atoms with Crippen LogP contribution in [0.4, 0.5) is 0 Å². The molecule has 3 aromatic rings. The molecule has 0 aliphatic heterocycles. The van der Waals surface area contributed by atoms with Crippen LogP contribution in [0.25, 0.3) is 16.7 Å². The number of carboxylic acid groups (broad SMARTS) is 1. The lowest BCUT2D eigenvalue weighted by Gasteiger charge is -2.04. The van der Waals surface area contributed by atoms with Crippen molar-refractivity contribution in [2.75, 3.05) is 0 Å². The molecule has 0 aliphatic rings. The molecule has 1 aromatic carbocycles. The second-order valence-corrected chi connectivity index (χ2v) is 4.11. The van der Waals surface area contributed by atoms with E-state index < -0.39 is 5.97 Å². The molecule has 20 heavy (non-hydrogen) atoms. The number of aromatic nitrogens is 3. The van der Waals surface area contributed by atoms with Crippen LogP contribution in [0.2, 0.25) is 0 Å². The van der Waals surface area contributed by atoms with E-state index in [-0.39, 0.29) is 5.69 Å². The molecule has 0 bridgehead atoms. The highest BCUT2D eigenvalue weighted by molar-refractivity contribution is 5.86. The predicted molar refractivity (Wildman–Crippen MR) is 70.5 cm³/mol. The lowest BCUT2D eigenvalue weighted by molar-refractivity contribution is 0.0690. The van der Waals surface area contributed by atoms with Crippen LogP contribution < -0.4 is 0 Å². The van der Waals surface area contributed by atoms with Gasteiger partial charge in [0.2, 0.25) is 0 Å². The van der Waals surface area contributed by atoms with Gasteiger partial charge < -0.3 is 5.11 Å². The van der Waals surface area contributed by atoms with Crippen molar-refractivity contribution in [3.8, 4) is 11.9 Å². The van der Waals surface area contributed by atoms with E-state index in [1.54, 1.807) is 12.1 Å². The molecule has 0 spiro atoms. The molecule has 0 aliphatic carbocycles. The molecule has 1 N–H and O–H groups in total. The Morgan fingerprint density at radius 2 is 2.10 bits per heavy atom. The van der Waals surface area contributed by atoms with Gasteiger partial charge in [-0.2, -0.15) is 10.4 Å². The van der Waals surface area contributed by atoms with Crippen molar-refractivity contribution in [3.63, 3.8) is 0 Å². The summed E-state index contributed by atoms with van der Waals surface area (Å²) in [5.74, 6) is -0.696. The molecule has 0 radical (unpaired) electrons. The Kier molecular flexibility index (Phi) is 2.66. The highest BCUT2D eigenvalue weighted by Crippen LogP contribution is 2.19. The number of aromatic carboxylic acids is 1. The molecular weight excluding hydrogens is 256 g/mol. The fourth-order valence-corrected chi connectivity index (χ4v) is 1.94. The van der Waals surface area contributed by atoms with Gasteiger partial charge in [-0.15, -0.1) is 0 Å². The average molecular weight is 264 g/mol. The van der Waals surface area contributed by atoms with Gasteiger partial charge in [0.15, 0.2) is 11.5 Å². The van der Waals surface area contributed by atoms with Gasteiger partial charge in [-0.1, -0.05) is 18.2 Å². The van der Waals surface area contributed by atoms with Crippen LogP contribution in [-0.2, 0) is 0 Å². The Morgan fingerprint density at radius 3 is 2.80 bits per heavy atom. The van der Waals surface area contributed by atoms with Crippen molar-refractivity contribution in [1.29, 1.82) is 5.26 Å². The van der Waals surface area contributed by atoms with Gasteiger partial charge >= 0.3 is 5.97 Å². The van der Waals surface area contributed by atoms with Gasteiger partial charge in [-0.3, -0.25) is 0 Å². The molecule has 0 amide bonds. The monoisotopic (exact) mass is 264 g/mol. The number of carbonyl (C=O) groups is 1. The predicted octanol–water partition coefficient (Wildman–Crippen LogP) is 1.99. The number of hydrogen-bond acceptors (Lipinski definition) is 4. The van der Waals surface area contributed by atoms with Crippen LogP contribution in [0.3, 0.4) is 0 Å². The standard InChI is InChI=1S/C14H8N4O2/c15-8-9-7-13(16-11-4-2-1-3-10(9)11)18-6-5-12(17-18)14(19)20/h1-7H,(H,19,20). The molecule has 0 atom stereocenters. The summed E-state index contributed by atoms with van der Waals surface area (Å²) in [5.41, 5.74) is 1.06. The van der Waals surface area contributed by atoms with E-state index in [2.05, 4.69) is 16.2 Å². The Hall–Kier alpha value is -3.20. The normalized spacial score (nSPS) is 10.3. The van der Waals surface area contributed by atoms with Crippen LogP contribution in [0.5, 0.6) is 0 Å². The Labute approximate surface area is 113 Å². The van der Waals surface area contributed by atoms with Gasteiger partial charge in [0.05, 0.1) is 17.1 Å². The number of hydrogen-bond donors (Lipinski definition) is 1. The van der Waals surface area contributed by atoms with Crippen LogP contribution in [-0.4, -0.2) is 25.8 Å². The number of rotatable bonds is 2. The maximum Gasteiger partial charge on any atom is 0.356 e. The van der Waals surface area contributed by atoms with Gasteiger partial charge in [-0.05, 0) is 12.1 Å². The number of pyridine rings is 1. The molecule has 3 rings (SSSR count). The Balaban J connectivity index is 2.21. The minimum Gasteiger partial charge on any atom is -0.476 e. The molecule has 6 nitrogen and oxygen atoms in total. The van der Waals surface area contributed by atoms with Gasteiger partial charge in [-0.25, -0.2) is 14.5 Å². The third kappa shape index (κ3) is 1.87. The van der Waals surface area contributed by atoms with E-state index in [0.717, 1.165) is 5.39 Å². The molecule has 2 heterocycles. The maximum atomic E-state index is 10.8. The number of para-hydroxylation sites is 1. The molecule has 2 aromatic heterocycles. The fourth-order valence-electron chi connectivity index (χ4n) is 1.94. The maximum absolute atomic E-state index is 10.8. The SMILES string of the molecule is N#Cc1cc(-n2ccc(C(=O)O)n2)nc2ccccc12. The largest absolute Gasteiger partial charge is 0.476 e.